The van der Waals surface area contributed by atoms with Crippen LogP contribution in [0, 0.1) is 0 Å². The number of aromatic carboxylic acids is 1. The molecular formula is C19H16Cl2N2O3. The summed E-state index contributed by atoms with van der Waals surface area (Å²) in [6.45, 7) is 2.26. The first kappa shape index (κ1) is 17.2. The van der Waals surface area contributed by atoms with Crippen molar-refractivity contribution in [2.45, 2.75) is 0 Å². The molecule has 0 radical (unpaired) electrons. The second-order valence-electron chi connectivity index (χ2n) is 6.03. The number of para-hydroxylation sites is 1. The molecule has 0 saturated carbocycles. The average Bonchev–Trinajstić information content (AvgIpc) is 3.02. The highest BCUT2D eigenvalue weighted by atomic mass is 35.5. The molecule has 1 aromatic heterocycles. The Morgan fingerprint density at radius 2 is 1.73 bits per heavy atom. The van der Waals surface area contributed by atoms with Crippen molar-refractivity contribution in [2.75, 3.05) is 31.2 Å². The molecule has 2 aromatic carbocycles. The molecule has 1 aliphatic rings. The van der Waals surface area contributed by atoms with Gasteiger partial charge in [0.2, 0.25) is 0 Å². The van der Waals surface area contributed by atoms with Gasteiger partial charge in [-0.2, -0.15) is 0 Å². The SMILES string of the molecule is O=C(O)c1c(N2CCOCC2)c2c(Cl)c(Cl)ccc2n1-c1ccccc1. The number of morpholine rings is 1. The van der Waals surface area contributed by atoms with Crippen LogP contribution in [0.25, 0.3) is 16.6 Å². The molecule has 1 N–H and O–H groups in total. The Labute approximate surface area is 160 Å². The minimum Gasteiger partial charge on any atom is -0.476 e. The van der Waals surface area contributed by atoms with Crippen molar-refractivity contribution >= 4 is 45.8 Å². The van der Waals surface area contributed by atoms with Crippen LogP contribution in [0.1, 0.15) is 10.5 Å². The van der Waals surface area contributed by atoms with Gasteiger partial charge in [-0.1, -0.05) is 41.4 Å². The smallest absolute Gasteiger partial charge is 0.355 e. The van der Waals surface area contributed by atoms with Gasteiger partial charge in [0.1, 0.15) is 0 Å². The minimum absolute atomic E-state index is 0.178. The van der Waals surface area contributed by atoms with E-state index in [1.807, 2.05) is 41.3 Å². The molecule has 4 rings (SSSR count). The summed E-state index contributed by atoms with van der Waals surface area (Å²) in [5.41, 5.74) is 2.24. The van der Waals surface area contributed by atoms with Crippen LogP contribution < -0.4 is 4.90 Å². The van der Waals surface area contributed by atoms with Gasteiger partial charge in [0.05, 0.1) is 34.5 Å². The maximum Gasteiger partial charge on any atom is 0.355 e. The maximum absolute atomic E-state index is 12.3. The molecule has 0 aliphatic carbocycles. The zero-order valence-electron chi connectivity index (χ0n) is 13.8. The van der Waals surface area contributed by atoms with Gasteiger partial charge >= 0.3 is 5.97 Å². The summed E-state index contributed by atoms with van der Waals surface area (Å²) in [6, 6.07) is 12.9. The summed E-state index contributed by atoms with van der Waals surface area (Å²) in [7, 11) is 0. The van der Waals surface area contributed by atoms with Crippen molar-refractivity contribution in [1.82, 2.24) is 4.57 Å². The molecule has 0 bridgehead atoms. The first-order valence-electron chi connectivity index (χ1n) is 8.23. The van der Waals surface area contributed by atoms with Crippen LogP contribution in [-0.4, -0.2) is 41.9 Å². The highest BCUT2D eigenvalue weighted by Gasteiger charge is 2.30. The van der Waals surface area contributed by atoms with Crippen LogP contribution in [0.4, 0.5) is 5.69 Å². The van der Waals surface area contributed by atoms with Gasteiger partial charge in [-0.3, -0.25) is 0 Å². The fourth-order valence-corrected chi connectivity index (χ4v) is 3.84. The Bertz CT molecular complexity index is 980. The molecule has 2 heterocycles. The van der Waals surface area contributed by atoms with Crippen molar-refractivity contribution in [3.05, 3.63) is 58.2 Å². The number of rotatable bonds is 3. The van der Waals surface area contributed by atoms with Gasteiger partial charge in [-0.25, -0.2) is 4.79 Å². The van der Waals surface area contributed by atoms with Gasteiger partial charge in [-0.15, -0.1) is 0 Å². The van der Waals surface area contributed by atoms with E-state index in [1.54, 1.807) is 10.6 Å². The second-order valence-corrected chi connectivity index (χ2v) is 6.81. The van der Waals surface area contributed by atoms with Gasteiger partial charge in [0.25, 0.3) is 0 Å². The lowest BCUT2D eigenvalue weighted by Gasteiger charge is -2.29. The number of carbonyl (C=O) groups is 1. The standard InChI is InChI=1S/C19H16Cl2N2O3/c20-13-6-7-14-15(16(13)21)17(22-8-10-26-11-9-22)18(19(24)25)23(14)12-4-2-1-3-5-12/h1-7H,8-11H2,(H,24,25). The normalized spacial score (nSPS) is 14.8. The van der Waals surface area contributed by atoms with E-state index < -0.39 is 5.97 Å². The number of benzene rings is 2. The molecule has 26 heavy (non-hydrogen) atoms. The van der Waals surface area contributed by atoms with Gasteiger partial charge in [-0.05, 0) is 24.3 Å². The summed E-state index contributed by atoms with van der Waals surface area (Å²) in [5, 5.41) is 11.5. The monoisotopic (exact) mass is 390 g/mol. The molecule has 0 unspecified atom stereocenters. The molecule has 5 nitrogen and oxygen atoms in total. The highest BCUT2D eigenvalue weighted by molar-refractivity contribution is 6.46. The Balaban J connectivity index is 2.12. The van der Waals surface area contributed by atoms with Gasteiger partial charge < -0.3 is 19.3 Å². The van der Waals surface area contributed by atoms with E-state index in [1.165, 1.54) is 0 Å². The Hall–Kier alpha value is -2.21. The fraction of sp³-hybridized carbons (Fsp3) is 0.211. The van der Waals surface area contributed by atoms with Crippen molar-refractivity contribution in [2.24, 2.45) is 0 Å². The quantitative estimate of drug-likeness (QED) is 0.716. The number of anilines is 1. The number of hydrogen-bond donors (Lipinski definition) is 1. The molecule has 1 saturated heterocycles. The van der Waals surface area contributed by atoms with Crippen LogP contribution >= 0.6 is 23.2 Å². The fourth-order valence-electron chi connectivity index (χ4n) is 3.43. The molecule has 7 heteroatoms. The van der Waals surface area contributed by atoms with Crippen LogP contribution in [0.2, 0.25) is 10.0 Å². The summed E-state index contributed by atoms with van der Waals surface area (Å²) < 4.78 is 7.15. The number of aromatic nitrogens is 1. The van der Waals surface area contributed by atoms with E-state index in [2.05, 4.69) is 0 Å². The third kappa shape index (κ3) is 2.72. The van der Waals surface area contributed by atoms with Crippen LogP contribution in [-0.2, 0) is 4.74 Å². The number of carboxylic acid groups (broad SMARTS) is 1. The summed E-state index contributed by atoms with van der Waals surface area (Å²) in [4.78, 5) is 14.3. The average molecular weight is 391 g/mol. The molecule has 0 amide bonds. The summed E-state index contributed by atoms with van der Waals surface area (Å²) >= 11 is 12.8. The molecule has 1 fully saturated rings. The van der Waals surface area contributed by atoms with Crippen molar-refractivity contribution in [1.29, 1.82) is 0 Å². The molecular weight excluding hydrogens is 375 g/mol. The zero-order chi connectivity index (χ0) is 18.3. The van der Waals surface area contributed by atoms with E-state index in [9.17, 15) is 9.90 Å². The Kier molecular flexibility index (Phi) is 4.53. The Morgan fingerprint density at radius 3 is 2.38 bits per heavy atom. The summed E-state index contributed by atoms with van der Waals surface area (Å²) in [6.07, 6.45) is 0. The van der Waals surface area contributed by atoms with Crippen LogP contribution in [0.5, 0.6) is 0 Å². The van der Waals surface area contributed by atoms with Crippen molar-refractivity contribution in [3.8, 4) is 5.69 Å². The van der Waals surface area contributed by atoms with Gasteiger partial charge in [0, 0.05) is 24.2 Å². The third-order valence-electron chi connectivity index (χ3n) is 4.54. The van der Waals surface area contributed by atoms with E-state index in [4.69, 9.17) is 27.9 Å². The molecule has 3 aromatic rings. The number of carboxylic acids is 1. The highest BCUT2D eigenvalue weighted by Crippen LogP contribution is 2.43. The van der Waals surface area contributed by atoms with E-state index in [-0.39, 0.29) is 5.69 Å². The minimum atomic E-state index is -1.02. The number of hydrogen-bond acceptors (Lipinski definition) is 3. The second kappa shape index (κ2) is 6.83. The van der Waals surface area contributed by atoms with Gasteiger partial charge in [0.15, 0.2) is 5.69 Å². The maximum atomic E-state index is 12.3. The van der Waals surface area contributed by atoms with E-state index in [0.29, 0.717) is 52.9 Å². The van der Waals surface area contributed by atoms with E-state index in [0.717, 1.165) is 5.69 Å². The zero-order valence-corrected chi connectivity index (χ0v) is 15.3. The predicted molar refractivity (Wildman–Crippen MR) is 103 cm³/mol. The van der Waals surface area contributed by atoms with Crippen LogP contribution in [0.3, 0.4) is 0 Å². The lowest BCUT2D eigenvalue weighted by molar-refractivity contribution is 0.0688. The summed E-state index contributed by atoms with van der Waals surface area (Å²) in [5.74, 6) is -1.02. The van der Waals surface area contributed by atoms with Crippen LogP contribution in [0.15, 0.2) is 42.5 Å². The lowest BCUT2D eigenvalue weighted by Crippen LogP contribution is -2.37. The first-order valence-corrected chi connectivity index (χ1v) is 8.99. The lowest BCUT2D eigenvalue weighted by atomic mass is 10.2. The topological polar surface area (TPSA) is 54.7 Å². The number of halogens is 2. The largest absolute Gasteiger partial charge is 0.476 e. The molecule has 0 atom stereocenters. The molecule has 1 aliphatic heterocycles. The number of nitrogens with zero attached hydrogens (tertiary/aromatic N) is 2. The van der Waals surface area contributed by atoms with Crippen molar-refractivity contribution in [3.63, 3.8) is 0 Å². The number of fused-ring (bicyclic) bond motifs is 1. The van der Waals surface area contributed by atoms with Crippen molar-refractivity contribution < 1.29 is 14.6 Å². The molecule has 0 spiro atoms. The number of ether oxygens (including phenoxy) is 1. The van der Waals surface area contributed by atoms with E-state index >= 15 is 0 Å². The third-order valence-corrected chi connectivity index (χ3v) is 5.35. The predicted octanol–water partition coefficient (Wildman–Crippen LogP) is 4.47. The first-order chi connectivity index (χ1) is 12.6. The molecule has 134 valence electrons. The Morgan fingerprint density at radius 1 is 1.04 bits per heavy atom.